The van der Waals surface area contributed by atoms with Crippen molar-refractivity contribution < 1.29 is 22.7 Å². The van der Waals surface area contributed by atoms with E-state index in [-0.39, 0.29) is 30.7 Å². The Bertz CT molecular complexity index is 384. The number of hydrogen-bond donors (Lipinski definition) is 0. The zero-order chi connectivity index (χ0) is 15.4. The molecule has 0 aromatic carbocycles. The van der Waals surface area contributed by atoms with Crippen LogP contribution in [-0.4, -0.2) is 60.7 Å². The van der Waals surface area contributed by atoms with Crippen LogP contribution in [0.15, 0.2) is 12.2 Å². The first-order valence-electron chi connectivity index (χ1n) is 7.01. The Kier molecular flexibility index (Phi) is 5.98. The van der Waals surface area contributed by atoms with Crippen LogP contribution in [0.2, 0.25) is 0 Å². The minimum absolute atomic E-state index is 0.190. The molecule has 3 atom stereocenters. The number of carbonyl (C=O) groups excluding carboxylic acids is 1. The molecule has 120 valence electrons. The molecule has 2 rings (SSSR count). The van der Waals surface area contributed by atoms with E-state index < -0.39 is 24.4 Å². The molecule has 1 amide bonds. The van der Waals surface area contributed by atoms with E-state index in [2.05, 4.69) is 0 Å². The van der Waals surface area contributed by atoms with Gasteiger partial charge in [-0.1, -0.05) is 6.08 Å². The molecule has 0 aromatic heterocycles. The van der Waals surface area contributed by atoms with Gasteiger partial charge in [-0.25, -0.2) is 13.2 Å². The molecule has 0 bridgehead atoms. The minimum Gasteiger partial charge on any atom is -0.360 e. The Labute approximate surface area is 126 Å². The van der Waals surface area contributed by atoms with Crippen molar-refractivity contribution in [3.05, 3.63) is 12.2 Å². The van der Waals surface area contributed by atoms with Crippen molar-refractivity contribution in [1.29, 1.82) is 0 Å². The van der Waals surface area contributed by atoms with Crippen LogP contribution in [0.25, 0.3) is 0 Å². The van der Waals surface area contributed by atoms with Gasteiger partial charge in [0.2, 0.25) is 5.91 Å². The van der Waals surface area contributed by atoms with Gasteiger partial charge in [0.1, 0.15) is 25.2 Å². The molecule has 0 N–H and O–H groups in total. The topological polar surface area (TPSA) is 29.5 Å². The standard InChI is InChI=1S/C14H20F3NO2S/c1-21-10-6-18(8-20-7-10)14(19)3-2-11-12(16)4-9(15)5-13(11)17/h2-3,9-13H,4-8H2,1H3/b3-2+. The Morgan fingerprint density at radius 3 is 2.57 bits per heavy atom. The molecule has 0 aromatic rings. The molecule has 2 aliphatic rings. The van der Waals surface area contributed by atoms with Crippen molar-refractivity contribution in [3.8, 4) is 0 Å². The van der Waals surface area contributed by atoms with Gasteiger partial charge in [-0.15, -0.1) is 0 Å². The normalized spacial score (nSPS) is 37.9. The van der Waals surface area contributed by atoms with E-state index in [1.165, 1.54) is 17.1 Å². The van der Waals surface area contributed by atoms with Gasteiger partial charge in [-0.3, -0.25) is 4.79 Å². The third-order valence-electron chi connectivity index (χ3n) is 3.88. The van der Waals surface area contributed by atoms with E-state index in [9.17, 15) is 18.0 Å². The molecule has 3 nitrogen and oxygen atoms in total. The van der Waals surface area contributed by atoms with E-state index in [0.29, 0.717) is 13.2 Å². The van der Waals surface area contributed by atoms with Crippen molar-refractivity contribution in [1.82, 2.24) is 4.90 Å². The summed E-state index contributed by atoms with van der Waals surface area (Å²) in [4.78, 5) is 13.5. The lowest BCUT2D eigenvalue weighted by Gasteiger charge is -2.31. The Morgan fingerprint density at radius 1 is 1.29 bits per heavy atom. The van der Waals surface area contributed by atoms with Crippen LogP contribution in [0.4, 0.5) is 13.2 Å². The molecular weight excluding hydrogens is 303 g/mol. The fourth-order valence-corrected chi connectivity index (χ4v) is 3.17. The highest BCUT2D eigenvalue weighted by Gasteiger charge is 2.37. The summed E-state index contributed by atoms with van der Waals surface area (Å²) in [6, 6.07) is 0. The van der Waals surface area contributed by atoms with E-state index in [4.69, 9.17) is 4.74 Å². The maximum atomic E-state index is 13.7. The van der Waals surface area contributed by atoms with Gasteiger partial charge < -0.3 is 9.64 Å². The van der Waals surface area contributed by atoms with Crippen molar-refractivity contribution >= 4 is 17.7 Å². The van der Waals surface area contributed by atoms with Gasteiger partial charge in [0.15, 0.2) is 0 Å². The molecule has 2 fully saturated rings. The maximum Gasteiger partial charge on any atom is 0.248 e. The van der Waals surface area contributed by atoms with E-state index in [1.54, 1.807) is 11.8 Å². The van der Waals surface area contributed by atoms with Gasteiger partial charge in [0.25, 0.3) is 0 Å². The minimum atomic E-state index is -1.58. The highest BCUT2D eigenvalue weighted by Crippen LogP contribution is 2.32. The number of rotatable bonds is 3. The van der Waals surface area contributed by atoms with E-state index >= 15 is 0 Å². The molecule has 3 unspecified atom stereocenters. The van der Waals surface area contributed by atoms with Crippen LogP contribution in [0, 0.1) is 5.92 Å². The molecule has 1 saturated heterocycles. The number of carbonyl (C=O) groups is 1. The number of thioether (sulfide) groups is 1. The number of halogens is 3. The van der Waals surface area contributed by atoms with Crippen LogP contribution in [-0.2, 0) is 9.53 Å². The summed E-state index contributed by atoms with van der Waals surface area (Å²) in [6.07, 6.45) is -0.826. The van der Waals surface area contributed by atoms with Gasteiger partial charge in [0.05, 0.1) is 6.61 Å². The van der Waals surface area contributed by atoms with Crippen LogP contribution in [0.3, 0.4) is 0 Å². The van der Waals surface area contributed by atoms with Crippen molar-refractivity contribution in [2.45, 2.75) is 36.6 Å². The van der Waals surface area contributed by atoms with Crippen LogP contribution in [0.1, 0.15) is 12.8 Å². The maximum absolute atomic E-state index is 13.7. The smallest absolute Gasteiger partial charge is 0.248 e. The first kappa shape index (κ1) is 16.7. The second kappa shape index (κ2) is 7.54. The Hall–Kier alpha value is -0.690. The van der Waals surface area contributed by atoms with Crippen LogP contribution >= 0.6 is 11.8 Å². The first-order valence-corrected chi connectivity index (χ1v) is 8.30. The molecule has 1 aliphatic carbocycles. The molecule has 1 saturated carbocycles. The molecule has 0 spiro atoms. The predicted molar refractivity (Wildman–Crippen MR) is 76.4 cm³/mol. The van der Waals surface area contributed by atoms with E-state index in [1.807, 2.05) is 6.26 Å². The number of ether oxygens (including phenoxy) is 1. The lowest BCUT2D eigenvalue weighted by Crippen LogP contribution is -2.44. The third kappa shape index (κ3) is 4.39. The molecule has 7 heteroatoms. The number of allylic oxidation sites excluding steroid dienone is 1. The summed E-state index contributed by atoms with van der Waals surface area (Å²) in [5.41, 5.74) is 0. The fourth-order valence-electron chi connectivity index (χ4n) is 2.61. The summed E-state index contributed by atoms with van der Waals surface area (Å²) in [7, 11) is 0. The summed E-state index contributed by atoms with van der Waals surface area (Å²) in [5.74, 6) is -1.36. The Morgan fingerprint density at radius 2 is 1.95 bits per heavy atom. The monoisotopic (exact) mass is 323 g/mol. The summed E-state index contributed by atoms with van der Waals surface area (Å²) < 4.78 is 45.7. The third-order valence-corrected chi connectivity index (χ3v) is 4.83. The molecule has 1 aliphatic heterocycles. The van der Waals surface area contributed by atoms with Gasteiger partial charge in [-0.05, 0) is 12.3 Å². The summed E-state index contributed by atoms with van der Waals surface area (Å²) in [6.45, 7) is 1.34. The van der Waals surface area contributed by atoms with Crippen LogP contribution < -0.4 is 0 Å². The van der Waals surface area contributed by atoms with Crippen molar-refractivity contribution in [3.63, 3.8) is 0 Å². The molecular formula is C14H20F3NO2S. The highest BCUT2D eigenvalue weighted by molar-refractivity contribution is 7.99. The summed E-state index contributed by atoms with van der Waals surface area (Å²) >= 11 is 1.61. The predicted octanol–water partition coefficient (Wildman–Crippen LogP) is 2.51. The van der Waals surface area contributed by atoms with Gasteiger partial charge in [-0.2, -0.15) is 11.8 Å². The zero-order valence-electron chi connectivity index (χ0n) is 11.9. The van der Waals surface area contributed by atoms with Crippen LogP contribution in [0.5, 0.6) is 0 Å². The van der Waals surface area contributed by atoms with Crippen molar-refractivity contribution in [2.24, 2.45) is 5.92 Å². The highest BCUT2D eigenvalue weighted by atomic mass is 32.2. The first-order chi connectivity index (χ1) is 10.0. The average Bonchev–Trinajstić information content (AvgIpc) is 2.46. The second-order valence-electron chi connectivity index (χ2n) is 5.46. The number of alkyl halides is 3. The SMILES string of the molecule is CSC1COCN(C(=O)/C=C/C2C(F)CC(F)CC2F)C1. The lowest BCUT2D eigenvalue weighted by molar-refractivity contribution is -0.134. The average molecular weight is 323 g/mol. The van der Waals surface area contributed by atoms with Gasteiger partial charge in [0, 0.05) is 30.6 Å². The number of amides is 1. The Balaban J connectivity index is 1.92. The molecule has 0 radical (unpaired) electrons. The fraction of sp³-hybridized carbons (Fsp3) is 0.786. The van der Waals surface area contributed by atoms with Crippen molar-refractivity contribution in [2.75, 3.05) is 26.1 Å². The van der Waals surface area contributed by atoms with E-state index in [0.717, 1.165) is 0 Å². The number of nitrogens with zero attached hydrogens (tertiary/aromatic N) is 1. The molecule has 1 heterocycles. The molecule has 21 heavy (non-hydrogen) atoms. The van der Waals surface area contributed by atoms with Gasteiger partial charge >= 0.3 is 0 Å². The second-order valence-corrected chi connectivity index (χ2v) is 6.59. The quantitative estimate of drug-likeness (QED) is 0.748. The summed E-state index contributed by atoms with van der Waals surface area (Å²) in [5, 5.41) is 0.209. The largest absolute Gasteiger partial charge is 0.360 e. The zero-order valence-corrected chi connectivity index (χ0v) is 12.7. The lowest BCUT2D eigenvalue weighted by atomic mass is 9.84. The number of hydrogen-bond acceptors (Lipinski definition) is 3.